The van der Waals surface area contributed by atoms with Crippen molar-refractivity contribution in [3.63, 3.8) is 0 Å². The minimum Gasteiger partial charge on any atom is -0.463 e. The lowest BCUT2D eigenvalue weighted by atomic mass is 10.1. The van der Waals surface area contributed by atoms with E-state index in [-0.39, 0.29) is 11.6 Å². The van der Waals surface area contributed by atoms with E-state index in [0.717, 1.165) is 0 Å². The van der Waals surface area contributed by atoms with Crippen molar-refractivity contribution in [1.82, 2.24) is 9.97 Å². The first-order valence-corrected chi connectivity index (χ1v) is 9.70. The second kappa shape index (κ2) is 7.05. The van der Waals surface area contributed by atoms with Crippen molar-refractivity contribution < 1.29 is 14.1 Å². The number of carbonyl (C=O) groups is 1. The molecule has 0 aliphatic heterocycles. The summed E-state index contributed by atoms with van der Waals surface area (Å²) in [5, 5.41) is 14.8. The fourth-order valence-corrected chi connectivity index (χ4v) is 4.05. The molecule has 0 aliphatic carbocycles. The second-order valence-electron chi connectivity index (χ2n) is 6.43. The highest BCUT2D eigenvalue weighted by atomic mass is 32.1. The molecule has 0 unspecified atom stereocenters. The first kappa shape index (κ1) is 18.0. The van der Waals surface area contributed by atoms with E-state index in [1.807, 2.05) is 24.3 Å². The van der Waals surface area contributed by atoms with Gasteiger partial charge in [-0.05, 0) is 30.3 Å². The number of nitro benzene ring substituents is 1. The molecule has 0 bridgehead atoms. The number of pyridine rings is 1. The lowest BCUT2D eigenvalue weighted by Crippen LogP contribution is -2.12. The largest absolute Gasteiger partial charge is 0.463 e. The van der Waals surface area contributed by atoms with E-state index < -0.39 is 4.92 Å². The first-order chi connectivity index (χ1) is 14.6. The smallest absolute Gasteiger partial charge is 0.270 e. The summed E-state index contributed by atoms with van der Waals surface area (Å²) in [4.78, 5) is 32.5. The van der Waals surface area contributed by atoms with E-state index in [1.165, 1.54) is 23.5 Å². The predicted molar refractivity (Wildman–Crippen MR) is 114 cm³/mol. The number of hydrogen-bond donors (Lipinski definition) is 1. The van der Waals surface area contributed by atoms with Gasteiger partial charge in [-0.1, -0.05) is 29.5 Å². The maximum atomic E-state index is 13.1. The van der Waals surface area contributed by atoms with Gasteiger partial charge in [0, 0.05) is 17.5 Å². The van der Waals surface area contributed by atoms with Gasteiger partial charge in [-0.3, -0.25) is 20.2 Å². The Morgan fingerprint density at radius 2 is 1.90 bits per heavy atom. The molecular weight excluding hydrogens is 404 g/mol. The summed E-state index contributed by atoms with van der Waals surface area (Å²) in [6.45, 7) is 0. The van der Waals surface area contributed by atoms with Crippen LogP contribution < -0.4 is 5.32 Å². The maximum absolute atomic E-state index is 13.1. The monoisotopic (exact) mass is 416 g/mol. The highest BCUT2D eigenvalue weighted by molar-refractivity contribution is 7.22. The zero-order valence-electron chi connectivity index (χ0n) is 15.2. The van der Waals surface area contributed by atoms with Gasteiger partial charge in [0.1, 0.15) is 5.69 Å². The van der Waals surface area contributed by atoms with Crippen molar-refractivity contribution >= 4 is 49.2 Å². The summed E-state index contributed by atoms with van der Waals surface area (Å²) >= 11 is 1.18. The van der Waals surface area contributed by atoms with E-state index in [4.69, 9.17) is 4.42 Å². The van der Waals surface area contributed by atoms with E-state index in [2.05, 4.69) is 15.3 Å². The Hall–Kier alpha value is -4.11. The number of thiazole rings is 1. The van der Waals surface area contributed by atoms with Crippen molar-refractivity contribution in [3.05, 3.63) is 82.6 Å². The molecule has 3 heterocycles. The Kier molecular flexibility index (Phi) is 4.22. The fourth-order valence-electron chi connectivity index (χ4n) is 3.16. The Morgan fingerprint density at radius 3 is 2.70 bits per heavy atom. The van der Waals surface area contributed by atoms with Crippen LogP contribution in [0.3, 0.4) is 0 Å². The standard InChI is InChI=1S/C21H12N4O4S/c26-20(24-21-23-16-8-7-12(25(27)28)10-19(16)30-21)14-11-17(18-6-3-9-29-18)22-15-5-2-1-4-13(14)15/h1-11H,(H,23,24,26). The van der Waals surface area contributed by atoms with Gasteiger partial charge in [0.15, 0.2) is 10.9 Å². The number of nitrogens with one attached hydrogen (secondary N) is 1. The Labute approximate surface area is 173 Å². The first-order valence-electron chi connectivity index (χ1n) is 8.88. The van der Waals surface area contributed by atoms with Gasteiger partial charge in [0.05, 0.1) is 32.5 Å². The van der Waals surface area contributed by atoms with E-state index in [1.54, 1.807) is 30.5 Å². The third kappa shape index (κ3) is 3.16. The topological polar surface area (TPSA) is 111 Å². The summed E-state index contributed by atoms with van der Waals surface area (Å²) in [6, 6.07) is 16.9. The van der Waals surface area contributed by atoms with Crippen LogP contribution in [-0.4, -0.2) is 20.8 Å². The number of benzene rings is 2. The molecule has 5 aromatic rings. The second-order valence-corrected chi connectivity index (χ2v) is 7.46. The molecule has 3 aromatic heterocycles. The highest BCUT2D eigenvalue weighted by Gasteiger charge is 2.17. The number of nitrogens with zero attached hydrogens (tertiary/aromatic N) is 3. The zero-order chi connectivity index (χ0) is 20.7. The lowest BCUT2D eigenvalue weighted by molar-refractivity contribution is -0.384. The number of furan rings is 1. The summed E-state index contributed by atoms with van der Waals surface area (Å²) in [7, 11) is 0. The summed E-state index contributed by atoms with van der Waals surface area (Å²) in [5.41, 5.74) is 2.20. The van der Waals surface area contributed by atoms with Crippen LogP contribution in [0.25, 0.3) is 32.6 Å². The van der Waals surface area contributed by atoms with E-state index in [0.29, 0.717) is 43.3 Å². The molecule has 146 valence electrons. The number of amides is 1. The Balaban J connectivity index is 1.54. The van der Waals surface area contributed by atoms with E-state index >= 15 is 0 Å². The molecule has 1 N–H and O–H groups in total. The maximum Gasteiger partial charge on any atom is 0.270 e. The van der Waals surface area contributed by atoms with Crippen molar-refractivity contribution in [3.8, 4) is 11.5 Å². The normalized spacial score (nSPS) is 11.1. The van der Waals surface area contributed by atoms with Crippen LogP contribution in [0.15, 0.2) is 71.3 Å². The molecular formula is C21H12N4O4S. The van der Waals surface area contributed by atoms with Gasteiger partial charge in [-0.15, -0.1) is 0 Å². The molecule has 1 amide bonds. The highest BCUT2D eigenvalue weighted by Crippen LogP contribution is 2.30. The number of fused-ring (bicyclic) bond motifs is 2. The van der Waals surface area contributed by atoms with Crippen molar-refractivity contribution in [2.45, 2.75) is 0 Å². The molecule has 0 atom stereocenters. The molecule has 0 saturated carbocycles. The van der Waals surface area contributed by atoms with Gasteiger partial charge < -0.3 is 4.42 Å². The number of hydrogen-bond acceptors (Lipinski definition) is 7. The summed E-state index contributed by atoms with van der Waals surface area (Å²) in [5.74, 6) is 0.206. The minimum absolute atomic E-state index is 0.0211. The molecule has 5 rings (SSSR count). The van der Waals surface area contributed by atoms with Crippen LogP contribution in [0.4, 0.5) is 10.8 Å². The molecule has 9 heteroatoms. The SMILES string of the molecule is O=C(Nc1nc2ccc([N+](=O)[O-])cc2s1)c1cc(-c2ccco2)nc2ccccc12. The van der Waals surface area contributed by atoms with Crippen molar-refractivity contribution in [1.29, 1.82) is 0 Å². The Bertz CT molecular complexity index is 1430. The molecule has 0 aliphatic rings. The molecule has 2 aromatic carbocycles. The molecule has 0 fully saturated rings. The summed E-state index contributed by atoms with van der Waals surface area (Å²) in [6.07, 6.45) is 1.55. The minimum atomic E-state index is -0.462. The third-order valence-electron chi connectivity index (χ3n) is 4.54. The van der Waals surface area contributed by atoms with Crippen molar-refractivity contribution in [2.75, 3.05) is 5.32 Å². The predicted octanol–water partition coefficient (Wildman–Crippen LogP) is 5.27. The van der Waals surface area contributed by atoms with Crippen LogP contribution in [0.5, 0.6) is 0 Å². The number of rotatable bonds is 4. The van der Waals surface area contributed by atoms with Crippen LogP contribution in [0.2, 0.25) is 0 Å². The molecule has 8 nitrogen and oxygen atoms in total. The third-order valence-corrected chi connectivity index (χ3v) is 5.47. The number of aromatic nitrogens is 2. The van der Waals surface area contributed by atoms with Crippen LogP contribution in [-0.2, 0) is 0 Å². The zero-order valence-corrected chi connectivity index (χ0v) is 16.1. The number of non-ortho nitro benzene ring substituents is 1. The molecule has 0 spiro atoms. The number of nitro groups is 1. The molecule has 0 saturated heterocycles. The Morgan fingerprint density at radius 1 is 1.03 bits per heavy atom. The van der Waals surface area contributed by atoms with Crippen molar-refractivity contribution in [2.24, 2.45) is 0 Å². The van der Waals surface area contributed by atoms with Gasteiger partial charge in [0.25, 0.3) is 11.6 Å². The quantitative estimate of drug-likeness (QED) is 0.316. The number of anilines is 1. The van der Waals surface area contributed by atoms with Gasteiger partial charge in [-0.25, -0.2) is 9.97 Å². The molecule has 30 heavy (non-hydrogen) atoms. The number of para-hydroxylation sites is 1. The van der Waals surface area contributed by atoms with Gasteiger partial charge in [-0.2, -0.15) is 0 Å². The number of carbonyl (C=O) groups excluding carboxylic acids is 1. The average molecular weight is 416 g/mol. The average Bonchev–Trinajstić information content (AvgIpc) is 3.41. The van der Waals surface area contributed by atoms with Gasteiger partial charge in [0.2, 0.25) is 0 Å². The molecule has 0 radical (unpaired) electrons. The fraction of sp³-hybridized carbons (Fsp3) is 0. The lowest BCUT2D eigenvalue weighted by Gasteiger charge is -2.08. The van der Waals surface area contributed by atoms with Crippen LogP contribution in [0.1, 0.15) is 10.4 Å². The van der Waals surface area contributed by atoms with E-state index in [9.17, 15) is 14.9 Å². The van der Waals surface area contributed by atoms with Gasteiger partial charge >= 0.3 is 0 Å². The van der Waals surface area contributed by atoms with Crippen LogP contribution in [0, 0.1) is 10.1 Å². The van der Waals surface area contributed by atoms with Crippen LogP contribution >= 0.6 is 11.3 Å². The summed E-state index contributed by atoms with van der Waals surface area (Å²) < 4.78 is 6.05.